The lowest BCUT2D eigenvalue weighted by Crippen LogP contribution is -2.46. The van der Waals surface area contributed by atoms with Crippen LogP contribution in [-0.2, 0) is 4.79 Å². The lowest BCUT2D eigenvalue weighted by Gasteiger charge is -2.33. The standard InChI is InChI=1S/C17H20ClNO3/c1-10-5-4-7-12(15(10)18)16(20)19-13-8-3-2-6-11(13)9-14(19)17(21)22/h4-5,7,11,13-14H,2-3,6,8-9H2,1H3,(H,21,22). The van der Waals surface area contributed by atoms with Gasteiger partial charge in [-0.25, -0.2) is 4.79 Å². The van der Waals surface area contributed by atoms with Gasteiger partial charge in [0.25, 0.3) is 5.91 Å². The summed E-state index contributed by atoms with van der Waals surface area (Å²) in [4.78, 5) is 26.2. The molecule has 1 aliphatic carbocycles. The first-order valence-electron chi connectivity index (χ1n) is 7.81. The van der Waals surface area contributed by atoms with Crippen molar-refractivity contribution in [1.82, 2.24) is 4.90 Å². The van der Waals surface area contributed by atoms with Crippen LogP contribution in [0.2, 0.25) is 5.02 Å². The zero-order chi connectivity index (χ0) is 15.9. The van der Waals surface area contributed by atoms with Gasteiger partial charge in [-0.15, -0.1) is 0 Å². The molecule has 1 N–H and O–H groups in total. The number of rotatable bonds is 2. The van der Waals surface area contributed by atoms with Gasteiger partial charge in [0.1, 0.15) is 6.04 Å². The fraction of sp³-hybridized carbons (Fsp3) is 0.529. The summed E-state index contributed by atoms with van der Waals surface area (Å²) in [5.74, 6) is -0.843. The van der Waals surface area contributed by atoms with E-state index < -0.39 is 12.0 Å². The zero-order valence-electron chi connectivity index (χ0n) is 12.6. The van der Waals surface area contributed by atoms with Gasteiger partial charge in [0, 0.05) is 6.04 Å². The van der Waals surface area contributed by atoms with Gasteiger partial charge < -0.3 is 10.0 Å². The maximum atomic E-state index is 13.0. The molecule has 2 aliphatic rings. The number of amides is 1. The molecular weight excluding hydrogens is 302 g/mol. The summed E-state index contributed by atoms with van der Waals surface area (Å²) in [5, 5.41) is 9.95. The Kier molecular flexibility index (Phi) is 4.13. The van der Waals surface area contributed by atoms with Crippen molar-refractivity contribution in [2.45, 2.75) is 51.1 Å². The number of likely N-dealkylation sites (tertiary alicyclic amines) is 1. The molecule has 1 aromatic rings. The summed E-state index contributed by atoms with van der Waals surface area (Å²) < 4.78 is 0. The van der Waals surface area contributed by atoms with Gasteiger partial charge in [-0.3, -0.25) is 4.79 Å². The van der Waals surface area contributed by atoms with Gasteiger partial charge in [-0.2, -0.15) is 0 Å². The van der Waals surface area contributed by atoms with Crippen molar-refractivity contribution in [3.8, 4) is 0 Å². The number of benzene rings is 1. The zero-order valence-corrected chi connectivity index (χ0v) is 13.3. The summed E-state index contributed by atoms with van der Waals surface area (Å²) >= 11 is 6.27. The summed E-state index contributed by atoms with van der Waals surface area (Å²) in [6, 6.07) is 4.64. The molecule has 22 heavy (non-hydrogen) atoms. The monoisotopic (exact) mass is 321 g/mol. The van der Waals surface area contributed by atoms with Crippen LogP contribution >= 0.6 is 11.6 Å². The normalized spacial score (nSPS) is 27.5. The molecule has 1 aromatic carbocycles. The third-order valence-corrected chi connectivity index (χ3v) is 5.53. The summed E-state index contributed by atoms with van der Waals surface area (Å²) in [6.45, 7) is 1.85. The van der Waals surface area contributed by atoms with Crippen LogP contribution in [0.25, 0.3) is 0 Å². The lowest BCUT2D eigenvalue weighted by atomic mass is 9.84. The molecule has 0 radical (unpaired) electrons. The van der Waals surface area contributed by atoms with Gasteiger partial charge in [0.2, 0.25) is 0 Å². The molecule has 1 aliphatic heterocycles. The van der Waals surface area contributed by atoms with Crippen LogP contribution < -0.4 is 0 Å². The Morgan fingerprint density at radius 3 is 2.73 bits per heavy atom. The molecular formula is C17H20ClNO3. The molecule has 1 amide bonds. The van der Waals surface area contributed by atoms with E-state index in [0.29, 0.717) is 22.9 Å². The first kappa shape index (κ1) is 15.3. The first-order chi connectivity index (χ1) is 10.5. The molecule has 3 rings (SSSR count). The second kappa shape index (κ2) is 5.92. The fourth-order valence-corrected chi connectivity index (χ4v) is 4.13. The van der Waals surface area contributed by atoms with Crippen molar-refractivity contribution < 1.29 is 14.7 Å². The number of halogens is 1. The molecule has 1 saturated heterocycles. The minimum atomic E-state index is -0.911. The van der Waals surface area contributed by atoms with Crippen LogP contribution in [0, 0.1) is 12.8 Å². The number of carboxylic acids is 1. The average Bonchev–Trinajstić information content (AvgIpc) is 2.89. The van der Waals surface area contributed by atoms with Gasteiger partial charge >= 0.3 is 5.97 Å². The highest BCUT2D eigenvalue weighted by molar-refractivity contribution is 6.34. The predicted octanol–water partition coefficient (Wildman–Crippen LogP) is 3.51. The first-order valence-corrected chi connectivity index (χ1v) is 8.19. The number of carbonyl (C=O) groups is 2. The lowest BCUT2D eigenvalue weighted by molar-refractivity contribution is -0.141. The van der Waals surface area contributed by atoms with E-state index in [4.69, 9.17) is 11.6 Å². The van der Waals surface area contributed by atoms with Crippen LogP contribution in [0.15, 0.2) is 18.2 Å². The number of nitrogens with zero attached hydrogens (tertiary/aromatic N) is 1. The highest BCUT2D eigenvalue weighted by Gasteiger charge is 2.47. The molecule has 5 heteroatoms. The average molecular weight is 322 g/mol. The Balaban J connectivity index is 1.97. The van der Waals surface area contributed by atoms with Gasteiger partial charge in [0.05, 0.1) is 10.6 Å². The van der Waals surface area contributed by atoms with E-state index in [1.54, 1.807) is 17.0 Å². The van der Waals surface area contributed by atoms with E-state index in [1.165, 1.54) is 0 Å². The number of aryl methyl sites for hydroxylation is 1. The Morgan fingerprint density at radius 1 is 1.27 bits per heavy atom. The molecule has 0 spiro atoms. The molecule has 2 fully saturated rings. The maximum Gasteiger partial charge on any atom is 0.326 e. The second-order valence-electron chi connectivity index (χ2n) is 6.35. The third kappa shape index (κ3) is 2.50. The molecule has 0 aromatic heterocycles. The van der Waals surface area contributed by atoms with Crippen LogP contribution in [0.3, 0.4) is 0 Å². The predicted molar refractivity (Wildman–Crippen MR) is 84.1 cm³/mol. The Hall–Kier alpha value is -1.55. The molecule has 1 heterocycles. The van der Waals surface area contributed by atoms with Crippen LogP contribution in [0.5, 0.6) is 0 Å². The third-order valence-electron chi connectivity index (χ3n) is 5.03. The molecule has 1 saturated carbocycles. The summed E-state index contributed by atoms with van der Waals surface area (Å²) in [5.41, 5.74) is 1.25. The second-order valence-corrected chi connectivity index (χ2v) is 6.73. The van der Waals surface area contributed by atoms with E-state index in [9.17, 15) is 14.7 Å². The van der Waals surface area contributed by atoms with Crippen molar-refractivity contribution in [3.05, 3.63) is 34.3 Å². The minimum Gasteiger partial charge on any atom is -0.480 e. The highest BCUT2D eigenvalue weighted by atomic mass is 35.5. The largest absolute Gasteiger partial charge is 0.480 e. The minimum absolute atomic E-state index is 0.0407. The number of carbonyl (C=O) groups excluding carboxylic acids is 1. The van der Waals surface area contributed by atoms with E-state index >= 15 is 0 Å². The quantitative estimate of drug-likeness (QED) is 0.907. The highest BCUT2D eigenvalue weighted by Crippen LogP contribution is 2.41. The number of hydrogen-bond donors (Lipinski definition) is 1. The van der Waals surface area contributed by atoms with E-state index in [1.807, 2.05) is 13.0 Å². The van der Waals surface area contributed by atoms with Crippen molar-refractivity contribution in [1.29, 1.82) is 0 Å². The van der Waals surface area contributed by atoms with Crippen LogP contribution in [0.1, 0.15) is 48.0 Å². The van der Waals surface area contributed by atoms with Crippen molar-refractivity contribution in [2.24, 2.45) is 5.92 Å². The number of fused-ring (bicyclic) bond motifs is 1. The summed E-state index contributed by atoms with van der Waals surface area (Å²) in [6.07, 6.45) is 4.65. The van der Waals surface area contributed by atoms with E-state index in [2.05, 4.69) is 0 Å². The van der Waals surface area contributed by atoms with E-state index in [0.717, 1.165) is 31.2 Å². The molecule has 118 valence electrons. The molecule has 3 atom stereocenters. The van der Waals surface area contributed by atoms with Crippen molar-refractivity contribution in [2.75, 3.05) is 0 Å². The number of hydrogen-bond acceptors (Lipinski definition) is 2. The van der Waals surface area contributed by atoms with Gasteiger partial charge in [0.15, 0.2) is 0 Å². The molecule has 4 nitrogen and oxygen atoms in total. The van der Waals surface area contributed by atoms with E-state index in [-0.39, 0.29) is 11.9 Å². The molecule has 0 bridgehead atoms. The SMILES string of the molecule is Cc1cccc(C(=O)N2C(C(=O)O)CC3CCCCC32)c1Cl. The van der Waals surface area contributed by atoms with Crippen LogP contribution in [0.4, 0.5) is 0 Å². The van der Waals surface area contributed by atoms with Gasteiger partial charge in [-0.1, -0.05) is 36.6 Å². The Morgan fingerprint density at radius 2 is 2.00 bits per heavy atom. The summed E-state index contributed by atoms with van der Waals surface area (Å²) in [7, 11) is 0. The smallest absolute Gasteiger partial charge is 0.326 e. The van der Waals surface area contributed by atoms with Crippen LogP contribution in [-0.4, -0.2) is 34.0 Å². The fourth-order valence-electron chi connectivity index (χ4n) is 3.92. The Bertz CT molecular complexity index is 616. The van der Waals surface area contributed by atoms with Gasteiger partial charge in [-0.05, 0) is 43.7 Å². The maximum absolute atomic E-state index is 13.0. The van der Waals surface area contributed by atoms with Crippen molar-refractivity contribution in [3.63, 3.8) is 0 Å². The topological polar surface area (TPSA) is 57.6 Å². The Labute approximate surface area is 135 Å². The number of carboxylic acid groups (broad SMARTS) is 1. The molecule has 3 unspecified atom stereocenters. The number of aliphatic carboxylic acids is 1. The van der Waals surface area contributed by atoms with Crippen molar-refractivity contribution >= 4 is 23.5 Å².